The van der Waals surface area contributed by atoms with Gasteiger partial charge in [-0.15, -0.1) is 11.3 Å². The molecule has 172 valence electrons. The summed E-state index contributed by atoms with van der Waals surface area (Å²) in [7, 11) is 0. The molecule has 2 N–H and O–H groups in total. The fourth-order valence-electron chi connectivity index (χ4n) is 4.16. The Kier molecular flexibility index (Phi) is 6.85. The van der Waals surface area contributed by atoms with Crippen molar-refractivity contribution in [3.8, 4) is 0 Å². The molecule has 0 fully saturated rings. The molecule has 0 unspecified atom stereocenters. The molecular formula is C26H26Cl2N2O2S. The summed E-state index contributed by atoms with van der Waals surface area (Å²) < 4.78 is 0. The smallest absolute Gasteiger partial charge is 0.258 e. The molecule has 0 saturated carbocycles. The lowest BCUT2D eigenvalue weighted by atomic mass is 9.72. The molecule has 1 heterocycles. The molecule has 4 rings (SSSR count). The SMILES string of the molecule is CC(C)(C)[C@H]1CCc2c(sc(NC(=O)c3ccc(Cl)cc3)c2C(=O)Nc2ccc(Cl)cc2)C1. The van der Waals surface area contributed by atoms with E-state index in [1.807, 2.05) is 0 Å². The summed E-state index contributed by atoms with van der Waals surface area (Å²) >= 11 is 13.4. The third-order valence-electron chi connectivity index (χ3n) is 6.15. The van der Waals surface area contributed by atoms with Crippen LogP contribution >= 0.6 is 34.5 Å². The molecule has 1 aliphatic rings. The van der Waals surface area contributed by atoms with Gasteiger partial charge in [0, 0.05) is 26.2 Å². The Hall–Kier alpha value is -2.34. The first kappa shape index (κ1) is 23.8. The maximum Gasteiger partial charge on any atom is 0.258 e. The van der Waals surface area contributed by atoms with Crippen molar-refractivity contribution in [1.82, 2.24) is 0 Å². The molecule has 3 aromatic rings. The van der Waals surface area contributed by atoms with Crippen LogP contribution in [-0.4, -0.2) is 11.8 Å². The van der Waals surface area contributed by atoms with Crippen LogP contribution in [0.3, 0.4) is 0 Å². The summed E-state index contributed by atoms with van der Waals surface area (Å²) in [6, 6.07) is 13.7. The van der Waals surface area contributed by atoms with E-state index >= 15 is 0 Å². The number of fused-ring (bicyclic) bond motifs is 1. The predicted molar refractivity (Wildman–Crippen MR) is 138 cm³/mol. The largest absolute Gasteiger partial charge is 0.322 e. The van der Waals surface area contributed by atoms with Crippen LogP contribution in [0.5, 0.6) is 0 Å². The lowest BCUT2D eigenvalue weighted by Gasteiger charge is -2.33. The van der Waals surface area contributed by atoms with Crippen molar-refractivity contribution < 1.29 is 9.59 Å². The third-order valence-corrected chi connectivity index (χ3v) is 7.83. The van der Waals surface area contributed by atoms with Crippen LogP contribution in [0.1, 0.15) is 58.3 Å². The zero-order valence-corrected chi connectivity index (χ0v) is 21.1. The first-order valence-electron chi connectivity index (χ1n) is 10.9. The predicted octanol–water partition coefficient (Wildman–Crippen LogP) is 7.71. The average Bonchev–Trinajstić information content (AvgIpc) is 3.12. The number of benzene rings is 2. The number of hydrogen-bond acceptors (Lipinski definition) is 3. The topological polar surface area (TPSA) is 58.2 Å². The van der Waals surface area contributed by atoms with Gasteiger partial charge in [0.05, 0.1) is 5.56 Å². The molecule has 7 heteroatoms. The van der Waals surface area contributed by atoms with Gasteiger partial charge in [0.25, 0.3) is 11.8 Å². The lowest BCUT2D eigenvalue weighted by Crippen LogP contribution is -2.27. The average molecular weight is 501 g/mol. The van der Waals surface area contributed by atoms with E-state index in [4.69, 9.17) is 23.2 Å². The van der Waals surface area contributed by atoms with Crippen molar-refractivity contribution in [3.63, 3.8) is 0 Å². The zero-order chi connectivity index (χ0) is 23.8. The van der Waals surface area contributed by atoms with E-state index in [1.54, 1.807) is 48.5 Å². The summed E-state index contributed by atoms with van der Waals surface area (Å²) in [6.45, 7) is 6.77. The quantitative estimate of drug-likeness (QED) is 0.385. The molecule has 0 saturated heterocycles. The van der Waals surface area contributed by atoms with Crippen LogP contribution in [-0.2, 0) is 12.8 Å². The molecule has 4 nitrogen and oxygen atoms in total. The highest BCUT2D eigenvalue weighted by Crippen LogP contribution is 2.44. The monoisotopic (exact) mass is 500 g/mol. The minimum absolute atomic E-state index is 0.181. The van der Waals surface area contributed by atoms with Crippen LogP contribution in [0, 0.1) is 11.3 Å². The number of nitrogens with one attached hydrogen (secondary N) is 2. The maximum atomic E-state index is 13.4. The first-order chi connectivity index (χ1) is 15.6. The van der Waals surface area contributed by atoms with Gasteiger partial charge in [0.15, 0.2) is 0 Å². The van der Waals surface area contributed by atoms with Gasteiger partial charge in [-0.1, -0.05) is 44.0 Å². The molecule has 1 aromatic heterocycles. The number of rotatable bonds is 4. The number of halogens is 2. The van der Waals surface area contributed by atoms with Crippen molar-refractivity contribution in [2.45, 2.75) is 40.0 Å². The number of amides is 2. The second-order valence-corrected chi connectivity index (χ2v) is 11.4. The zero-order valence-electron chi connectivity index (χ0n) is 18.8. The Morgan fingerprint density at radius 1 is 0.909 bits per heavy atom. The number of carbonyl (C=O) groups is 2. The first-order valence-corrected chi connectivity index (χ1v) is 12.5. The summed E-state index contributed by atoms with van der Waals surface area (Å²) in [5.74, 6) is 0.0317. The van der Waals surface area contributed by atoms with Gasteiger partial charge in [-0.25, -0.2) is 0 Å². The summed E-state index contributed by atoms with van der Waals surface area (Å²) in [5.41, 5.74) is 2.92. The van der Waals surface area contributed by atoms with E-state index in [1.165, 1.54) is 16.2 Å². The number of carbonyl (C=O) groups excluding carboxylic acids is 2. The van der Waals surface area contributed by atoms with Crippen molar-refractivity contribution >= 4 is 57.0 Å². The van der Waals surface area contributed by atoms with Crippen LogP contribution in [0.25, 0.3) is 0 Å². The van der Waals surface area contributed by atoms with Crippen molar-refractivity contribution in [1.29, 1.82) is 0 Å². The second kappa shape index (κ2) is 9.49. The van der Waals surface area contributed by atoms with E-state index < -0.39 is 0 Å². The van der Waals surface area contributed by atoms with Gasteiger partial charge in [0.1, 0.15) is 5.00 Å². The Morgan fingerprint density at radius 2 is 1.52 bits per heavy atom. The van der Waals surface area contributed by atoms with Gasteiger partial charge < -0.3 is 10.6 Å². The van der Waals surface area contributed by atoms with E-state index in [2.05, 4.69) is 31.4 Å². The Morgan fingerprint density at radius 3 is 2.12 bits per heavy atom. The molecule has 0 bridgehead atoms. The third kappa shape index (κ3) is 5.43. The highest BCUT2D eigenvalue weighted by Gasteiger charge is 2.34. The number of anilines is 2. The van der Waals surface area contributed by atoms with Gasteiger partial charge in [-0.2, -0.15) is 0 Å². The lowest BCUT2D eigenvalue weighted by molar-refractivity contribution is 0.102. The Balaban J connectivity index is 1.67. The molecule has 0 radical (unpaired) electrons. The van der Waals surface area contributed by atoms with Gasteiger partial charge in [-0.3, -0.25) is 9.59 Å². The minimum Gasteiger partial charge on any atom is -0.322 e. The fraction of sp³-hybridized carbons (Fsp3) is 0.308. The Labute approximate surface area is 208 Å². The molecule has 33 heavy (non-hydrogen) atoms. The van der Waals surface area contributed by atoms with Gasteiger partial charge in [-0.05, 0) is 84.7 Å². The summed E-state index contributed by atoms with van der Waals surface area (Å²) in [6.07, 6.45) is 2.73. The van der Waals surface area contributed by atoms with E-state index in [-0.39, 0.29) is 17.2 Å². The van der Waals surface area contributed by atoms with Crippen LogP contribution in [0.4, 0.5) is 10.7 Å². The fourth-order valence-corrected chi connectivity index (χ4v) is 5.73. The molecule has 1 atom stereocenters. The molecular weight excluding hydrogens is 475 g/mol. The van der Waals surface area contributed by atoms with Crippen molar-refractivity contribution in [2.24, 2.45) is 11.3 Å². The van der Waals surface area contributed by atoms with Crippen LogP contribution < -0.4 is 10.6 Å². The van der Waals surface area contributed by atoms with Crippen molar-refractivity contribution in [2.75, 3.05) is 10.6 Å². The van der Waals surface area contributed by atoms with E-state index in [0.717, 1.165) is 24.8 Å². The van der Waals surface area contributed by atoms with Gasteiger partial charge >= 0.3 is 0 Å². The normalized spacial score (nSPS) is 15.6. The number of thiophene rings is 1. The molecule has 2 aromatic carbocycles. The number of hydrogen-bond donors (Lipinski definition) is 2. The standard InChI is InChI=1S/C26H26Cl2N2O2S/c1-26(2,3)16-6-13-20-21(14-16)33-25(30-23(31)15-4-7-17(27)8-5-15)22(20)24(32)29-19-11-9-18(28)10-12-19/h4-5,7-12,16H,6,13-14H2,1-3H3,(H,29,32)(H,30,31)/t16-/m0/s1. The van der Waals surface area contributed by atoms with Gasteiger partial charge in [0.2, 0.25) is 0 Å². The van der Waals surface area contributed by atoms with E-state index in [9.17, 15) is 9.59 Å². The summed E-state index contributed by atoms with van der Waals surface area (Å²) in [5, 5.41) is 7.70. The highest BCUT2D eigenvalue weighted by atomic mass is 35.5. The molecule has 1 aliphatic carbocycles. The maximum absolute atomic E-state index is 13.4. The highest BCUT2D eigenvalue weighted by molar-refractivity contribution is 7.17. The second-order valence-electron chi connectivity index (χ2n) is 9.44. The summed E-state index contributed by atoms with van der Waals surface area (Å²) in [4.78, 5) is 27.5. The van der Waals surface area contributed by atoms with Crippen LogP contribution in [0.2, 0.25) is 10.0 Å². The minimum atomic E-state index is -0.266. The molecule has 0 aliphatic heterocycles. The van der Waals surface area contributed by atoms with Crippen molar-refractivity contribution in [3.05, 3.63) is 80.1 Å². The Bertz CT molecular complexity index is 1180. The van der Waals surface area contributed by atoms with E-state index in [0.29, 0.717) is 37.8 Å². The molecule has 2 amide bonds. The molecule has 0 spiro atoms. The van der Waals surface area contributed by atoms with Crippen LogP contribution in [0.15, 0.2) is 48.5 Å².